The zero-order valence-electron chi connectivity index (χ0n) is 21.1. The first-order chi connectivity index (χ1) is 18.6. The summed E-state index contributed by atoms with van der Waals surface area (Å²) in [6.07, 6.45) is 4.23. The van der Waals surface area contributed by atoms with E-state index in [-0.39, 0.29) is 40.6 Å². The Morgan fingerprint density at radius 2 is 1.72 bits per heavy atom. The molecule has 1 amide bonds. The van der Waals surface area contributed by atoms with Crippen LogP contribution in [0.4, 0.5) is 21.6 Å². The van der Waals surface area contributed by atoms with Crippen LogP contribution in [0.2, 0.25) is 0 Å². The number of aliphatic imine (C=N–C) groups is 1. The van der Waals surface area contributed by atoms with Crippen LogP contribution in [0, 0.1) is 5.82 Å². The molecular weight excluding hydrogens is 523 g/mol. The van der Waals surface area contributed by atoms with Crippen LogP contribution in [0.5, 0.6) is 5.75 Å². The molecule has 1 heterocycles. The highest BCUT2D eigenvalue weighted by molar-refractivity contribution is 7.90. The highest BCUT2D eigenvalue weighted by Gasteiger charge is 2.12. The Kier molecular flexibility index (Phi) is 8.15. The van der Waals surface area contributed by atoms with Gasteiger partial charge in [0.2, 0.25) is 5.91 Å². The number of nitrogens with two attached hydrogens (primary N) is 1. The average Bonchev–Trinajstić information content (AvgIpc) is 2.90. The highest BCUT2D eigenvalue weighted by atomic mass is 32.2. The van der Waals surface area contributed by atoms with Gasteiger partial charge in [0.25, 0.3) is 0 Å². The number of halogens is 1. The van der Waals surface area contributed by atoms with Gasteiger partial charge in [-0.1, -0.05) is 24.3 Å². The van der Waals surface area contributed by atoms with Gasteiger partial charge in [0.15, 0.2) is 21.6 Å². The van der Waals surface area contributed by atoms with E-state index in [1.165, 1.54) is 49.8 Å². The second kappa shape index (κ2) is 11.7. The lowest BCUT2D eigenvalue weighted by Gasteiger charge is -2.11. The monoisotopic (exact) mass is 548 g/mol. The molecule has 200 valence electrons. The molecule has 0 spiro atoms. The summed E-state index contributed by atoms with van der Waals surface area (Å²) in [5, 5.41) is 5.67. The minimum atomic E-state index is -3.39. The molecule has 1 aromatic heterocycles. The van der Waals surface area contributed by atoms with Crippen LogP contribution in [0.15, 0.2) is 89.0 Å². The van der Waals surface area contributed by atoms with Crippen molar-refractivity contribution in [1.82, 2.24) is 9.97 Å². The largest absolute Gasteiger partial charge is 0.495 e. The van der Waals surface area contributed by atoms with Crippen molar-refractivity contribution in [3.63, 3.8) is 0 Å². The highest BCUT2D eigenvalue weighted by Crippen LogP contribution is 2.28. The first kappa shape index (κ1) is 27.2. The van der Waals surface area contributed by atoms with Gasteiger partial charge in [0.05, 0.1) is 42.2 Å². The zero-order chi connectivity index (χ0) is 28.0. The number of hydrogen-bond acceptors (Lipinski definition) is 7. The number of ether oxygens (including phenoxy) is 1. The quantitative estimate of drug-likeness (QED) is 0.222. The lowest BCUT2D eigenvalue weighted by atomic mass is 10.1. The summed E-state index contributed by atoms with van der Waals surface area (Å²) in [4.78, 5) is 25.2. The Hall–Kier alpha value is -4.84. The van der Waals surface area contributed by atoms with E-state index >= 15 is 0 Å². The van der Waals surface area contributed by atoms with E-state index in [1.54, 1.807) is 36.4 Å². The number of sulfone groups is 1. The maximum Gasteiger partial charge on any atom is 0.228 e. The number of aromatic nitrogens is 2. The molecule has 0 fully saturated rings. The molecule has 0 aliphatic rings. The van der Waals surface area contributed by atoms with Crippen molar-refractivity contribution in [2.75, 3.05) is 24.0 Å². The lowest BCUT2D eigenvalue weighted by molar-refractivity contribution is -0.115. The fourth-order valence-electron chi connectivity index (χ4n) is 3.54. The molecule has 0 radical (unpaired) electrons. The molecule has 0 saturated heterocycles. The summed E-state index contributed by atoms with van der Waals surface area (Å²) in [5.41, 5.74) is 9.10. The third kappa shape index (κ3) is 7.36. The second-order valence-corrected chi connectivity index (χ2v) is 10.5. The van der Waals surface area contributed by atoms with Gasteiger partial charge in [-0.25, -0.2) is 17.8 Å². The average molecular weight is 549 g/mol. The van der Waals surface area contributed by atoms with Crippen molar-refractivity contribution in [2.45, 2.75) is 11.3 Å². The fraction of sp³-hybridized carbons (Fsp3) is 0.111. The molecule has 4 N–H and O–H groups in total. The smallest absolute Gasteiger partial charge is 0.228 e. The van der Waals surface area contributed by atoms with Gasteiger partial charge < -0.3 is 21.1 Å². The molecule has 0 aliphatic carbocycles. The van der Waals surface area contributed by atoms with Crippen LogP contribution >= 0.6 is 0 Å². The molecule has 0 unspecified atom stereocenters. The van der Waals surface area contributed by atoms with Crippen LogP contribution in [0.25, 0.3) is 11.3 Å². The molecular formula is C27H25FN6O4S. The van der Waals surface area contributed by atoms with E-state index in [0.29, 0.717) is 22.6 Å². The Morgan fingerprint density at radius 1 is 1.00 bits per heavy atom. The summed E-state index contributed by atoms with van der Waals surface area (Å²) in [6, 6.07) is 17.2. The van der Waals surface area contributed by atoms with Crippen molar-refractivity contribution >= 4 is 38.9 Å². The summed E-state index contributed by atoms with van der Waals surface area (Å²) in [5.74, 6) is -0.0280. The maximum absolute atomic E-state index is 13.0. The van der Waals surface area contributed by atoms with Crippen LogP contribution in [0.3, 0.4) is 0 Å². The van der Waals surface area contributed by atoms with Crippen molar-refractivity contribution in [1.29, 1.82) is 0 Å². The van der Waals surface area contributed by atoms with Crippen molar-refractivity contribution in [2.24, 2.45) is 10.7 Å². The number of rotatable bonds is 8. The van der Waals surface area contributed by atoms with Crippen LogP contribution in [-0.2, 0) is 21.1 Å². The van der Waals surface area contributed by atoms with E-state index in [4.69, 9.17) is 10.5 Å². The molecule has 0 aliphatic heterocycles. The molecule has 0 saturated carbocycles. The van der Waals surface area contributed by atoms with E-state index in [1.807, 2.05) is 0 Å². The molecule has 4 rings (SSSR count). The maximum atomic E-state index is 13.0. The van der Waals surface area contributed by atoms with Crippen molar-refractivity contribution in [3.05, 3.63) is 90.5 Å². The van der Waals surface area contributed by atoms with E-state index in [9.17, 15) is 17.6 Å². The number of methoxy groups -OCH3 is 1. The van der Waals surface area contributed by atoms with Gasteiger partial charge in [-0.05, 0) is 42.0 Å². The minimum Gasteiger partial charge on any atom is -0.495 e. The van der Waals surface area contributed by atoms with E-state index in [2.05, 4.69) is 25.6 Å². The number of benzene rings is 3. The van der Waals surface area contributed by atoms with E-state index < -0.39 is 9.84 Å². The summed E-state index contributed by atoms with van der Waals surface area (Å²) < 4.78 is 41.8. The molecule has 0 atom stereocenters. The van der Waals surface area contributed by atoms with Gasteiger partial charge >= 0.3 is 0 Å². The summed E-state index contributed by atoms with van der Waals surface area (Å²) in [6.45, 7) is 0. The van der Waals surface area contributed by atoms with Gasteiger partial charge in [0, 0.05) is 23.6 Å². The van der Waals surface area contributed by atoms with Crippen molar-refractivity contribution < 1.29 is 22.3 Å². The molecule has 12 heteroatoms. The number of guanidine groups is 1. The van der Waals surface area contributed by atoms with Gasteiger partial charge in [-0.15, -0.1) is 0 Å². The first-order valence-electron chi connectivity index (χ1n) is 11.6. The van der Waals surface area contributed by atoms with Crippen LogP contribution < -0.4 is 21.1 Å². The predicted molar refractivity (Wildman–Crippen MR) is 147 cm³/mol. The zero-order valence-corrected chi connectivity index (χ0v) is 21.9. The van der Waals surface area contributed by atoms with E-state index in [0.717, 1.165) is 11.8 Å². The second-order valence-electron chi connectivity index (χ2n) is 8.44. The molecule has 4 aromatic rings. The van der Waals surface area contributed by atoms with Crippen LogP contribution in [0.1, 0.15) is 5.56 Å². The molecule has 0 bridgehead atoms. The fourth-order valence-corrected chi connectivity index (χ4v) is 4.18. The third-order valence-corrected chi connectivity index (χ3v) is 6.59. The number of nitrogens with zero attached hydrogens (tertiary/aromatic N) is 3. The molecule has 10 nitrogen and oxygen atoms in total. The Balaban J connectivity index is 1.38. The number of carbonyl (C=O) groups is 1. The van der Waals surface area contributed by atoms with Crippen molar-refractivity contribution in [3.8, 4) is 17.0 Å². The first-order valence-corrected chi connectivity index (χ1v) is 13.5. The third-order valence-electron chi connectivity index (χ3n) is 5.48. The Labute approximate surface area is 224 Å². The van der Waals surface area contributed by atoms with Gasteiger partial charge in [-0.3, -0.25) is 9.78 Å². The predicted octanol–water partition coefficient (Wildman–Crippen LogP) is 3.93. The number of hydrogen-bond donors (Lipinski definition) is 3. The molecule has 3 aromatic carbocycles. The topological polar surface area (TPSA) is 149 Å². The summed E-state index contributed by atoms with van der Waals surface area (Å²) in [7, 11) is -1.98. The lowest BCUT2D eigenvalue weighted by Crippen LogP contribution is -2.22. The minimum absolute atomic E-state index is 0.00295. The van der Waals surface area contributed by atoms with Crippen LogP contribution in [-0.4, -0.2) is 43.6 Å². The standard InChI is InChI=1S/C27H25FN6O4S/c1-38-24-14-21(39(2,36)37)11-12-22(24)33-27(29)34-25-16-30-23(15-31-25)18-5-9-20(10-6-18)32-26(35)13-17-3-7-19(28)8-4-17/h3-12,14-16H,13H2,1-2H3,(H,32,35)(H3,29,31,33,34). The van der Waals surface area contributed by atoms with Gasteiger partial charge in [-0.2, -0.15) is 4.99 Å². The van der Waals surface area contributed by atoms with Gasteiger partial charge in [0.1, 0.15) is 11.6 Å². The number of anilines is 2. The number of carbonyl (C=O) groups excluding carboxylic acids is 1. The number of amides is 1. The SMILES string of the molecule is COc1cc(S(C)(=O)=O)ccc1NC(N)=Nc1cnc(-c2ccc(NC(=O)Cc3ccc(F)cc3)cc2)cn1. The normalized spacial score (nSPS) is 11.6. The Morgan fingerprint density at radius 3 is 2.33 bits per heavy atom. The summed E-state index contributed by atoms with van der Waals surface area (Å²) >= 11 is 0. The Bertz CT molecular complexity index is 1610. The number of nitrogens with one attached hydrogen (secondary N) is 2. The molecule has 39 heavy (non-hydrogen) atoms.